The molecule has 0 aromatic heterocycles. The van der Waals surface area contributed by atoms with Crippen LogP contribution in [0.15, 0.2) is 0 Å². The molecule has 1 saturated carbocycles. The summed E-state index contributed by atoms with van der Waals surface area (Å²) >= 11 is 0. The van der Waals surface area contributed by atoms with Crippen molar-refractivity contribution in [2.24, 2.45) is 5.92 Å². The van der Waals surface area contributed by atoms with E-state index in [1.54, 1.807) is 7.11 Å². The van der Waals surface area contributed by atoms with Gasteiger partial charge in [-0.05, 0) is 25.8 Å². The van der Waals surface area contributed by atoms with Gasteiger partial charge < -0.3 is 14.8 Å². The van der Waals surface area contributed by atoms with Gasteiger partial charge in [0.1, 0.15) is 0 Å². The molecule has 0 saturated heterocycles. The van der Waals surface area contributed by atoms with Crippen LogP contribution < -0.4 is 5.32 Å². The monoisotopic (exact) mass is 201 g/mol. The minimum atomic E-state index is 0.244. The molecule has 0 amide bonds. The molecule has 0 radical (unpaired) electrons. The predicted octanol–water partition coefficient (Wildman–Crippen LogP) is 1.42. The molecule has 0 bridgehead atoms. The molecule has 0 aromatic carbocycles. The fraction of sp³-hybridized carbons (Fsp3) is 1.00. The zero-order valence-corrected chi connectivity index (χ0v) is 9.75. The van der Waals surface area contributed by atoms with Crippen LogP contribution in [-0.2, 0) is 9.47 Å². The van der Waals surface area contributed by atoms with Crippen molar-refractivity contribution in [1.29, 1.82) is 0 Å². The molecule has 14 heavy (non-hydrogen) atoms. The molecule has 3 nitrogen and oxygen atoms in total. The second kappa shape index (κ2) is 5.69. The predicted molar refractivity (Wildman–Crippen MR) is 57.5 cm³/mol. The summed E-state index contributed by atoms with van der Waals surface area (Å²) in [4.78, 5) is 0. The van der Waals surface area contributed by atoms with E-state index in [2.05, 4.69) is 19.2 Å². The lowest BCUT2D eigenvalue weighted by atomic mass is 9.85. The number of hydrogen-bond donors (Lipinski definition) is 1. The Balaban J connectivity index is 2.22. The van der Waals surface area contributed by atoms with Crippen molar-refractivity contribution in [3.8, 4) is 0 Å². The van der Waals surface area contributed by atoms with E-state index in [1.807, 2.05) is 6.92 Å². The summed E-state index contributed by atoms with van der Waals surface area (Å²) < 4.78 is 11.0. The quantitative estimate of drug-likeness (QED) is 0.705. The van der Waals surface area contributed by atoms with Crippen LogP contribution in [-0.4, -0.2) is 38.5 Å². The zero-order valence-electron chi connectivity index (χ0n) is 9.75. The highest BCUT2D eigenvalue weighted by Crippen LogP contribution is 2.26. The molecule has 3 unspecified atom stereocenters. The van der Waals surface area contributed by atoms with Gasteiger partial charge in [-0.15, -0.1) is 0 Å². The van der Waals surface area contributed by atoms with Crippen LogP contribution in [0.2, 0.25) is 0 Å². The molecule has 3 heteroatoms. The zero-order chi connectivity index (χ0) is 10.6. The average Bonchev–Trinajstić information content (AvgIpc) is 2.10. The number of ether oxygens (including phenoxy) is 2. The summed E-state index contributed by atoms with van der Waals surface area (Å²) in [6.07, 6.45) is 1.63. The smallest absolute Gasteiger partial charge is 0.0986 e. The maximum Gasteiger partial charge on any atom is 0.0986 e. The van der Waals surface area contributed by atoms with Gasteiger partial charge in [0.25, 0.3) is 0 Å². The van der Waals surface area contributed by atoms with Gasteiger partial charge in [-0.2, -0.15) is 0 Å². The Bertz CT molecular complexity index is 161. The van der Waals surface area contributed by atoms with Crippen LogP contribution in [0.5, 0.6) is 0 Å². The van der Waals surface area contributed by atoms with Gasteiger partial charge in [-0.1, -0.05) is 13.8 Å². The largest absolute Gasteiger partial charge is 0.377 e. The van der Waals surface area contributed by atoms with Crippen LogP contribution in [0, 0.1) is 5.92 Å². The van der Waals surface area contributed by atoms with Gasteiger partial charge >= 0.3 is 0 Å². The average molecular weight is 201 g/mol. The third-order valence-corrected chi connectivity index (χ3v) is 2.69. The van der Waals surface area contributed by atoms with Crippen molar-refractivity contribution in [1.82, 2.24) is 5.32 Å². The third kappa shape index (κ3) is 2.94. The Morgan fingerprint density at radius 3 is 2.64 bits per heavy atom. The summed E-state index contributed by atoms with van der Waals surface area (Å²) in [6, 6.07) is 0.485. The molecule has 0 aromatic rings. The molecule has 84 valence electrons. The van der Waals surface area contributed by atoms with E-state index in [4.69, 9.17) is 9.47 Å². The molecule has 1 aliphatic rings. The topological polar surface area (TPSA) is 30.5 Å². The van der Waals surface area contributed by atoms with Gasteiger partial charge in [-0.3, -0.25) is 0 Å². The van der Waals surface area contributed by atoms with Gasteiger partial charge in [0.2, 0.25) is 0 Å². The van der Waals surface area contributed by atoms with E-state index in [-0.39, 0.29) is 6.10 Å². The lowest BCUT2D eigenvalue weighted by molar-refractivity contribution is -0.131. The van der Waals surface area contributed by atoms with Crippen molar-refractivity contribution < 1.29 is 9.47 Å². The van der Waals surface area contributed by atoms with Gasteiger partial charge in [0.05, 0.1) is 12.2 Å². The lowest BCUT2D eigenvalue weighted by Gasteiger charge is -2.43. The van der Waals surface area contributed by atoms with E-state index >= 15 is 0 Å². The number of nitrogens with one attached hydrogen (secondary N) is 1. The second-order valence-corrected chi connectivity index (χ2v) is 4.34. The summed E-state index contributed by atoms with van der Waals surface area (Å²) in [6.45, 7) is 8.30. The number of rotatable bonds is 6. The Hall–Kier alpha value is -0.120. The minimum absolute atomic E-state index is 0.244. The summed E-state index contributed by atoms with van der Waals surface area (Å²) in [7, 11) is 1.76. The molecule has 1 aliphatic carbocycles. The van der Waals surface area contributed by atoms with Gasteiger partial charge in [0, 0.05) is 19.8 Å². The molecule has 0 spiro atoms. The normalized spacial score (nSPS) is 31.9. The van der Waals surface area contributed by atoms with Crippen LogP contribution in [0.4, 0.5) is 0 Å². The van der Waals surface area contributed by atoms with Crippen molar-refractivity contribution in [3.05, 3.63) is 0 Å². The van der Waals surface area contributed by atoms with Crippen LogP contribution >= 0.6 is 0 Å². The maximum atomic E-state index is 5.55. The van der Waals surface area contributed by atoms with E-state index in [9.17, 15) is 0 Å². The summed E-state index contributed by atoms with van der Waals surface area (Å²) in [5.41, 5.74) is 0. The first-order chi connectivity index (χ1) is 6.69. The van der Waals surface area contributed by atoms with Crippen LogP contribution in [0.1, 0.15) is 27.2 Å². The highest BCUT2D eigenvalue weighted by Gasteiger charge is 2.41. The molecule has 1 fully saturated rings. The highest BCUT2D eigenvalue weighted by atomic mass is 16.5. The fourth-order valence-corrected chi connectivity index (χ4v) is 1.86. The fourth-order valence-electron chi connectivity index (χ4n) is 1.86. The Morgan fingerprint density at radius 2 is 2.14 bits per heavy atom. The summed E-state index contributed by atoms with van der Waals surface area (Å²) in [5, 5.41) is 3.50. The summed E-state index contributed by atoms with van der Waals surface area (Å²) in [5.74, 6) is 0.693. The number of methoxy groups -OCH3 is 1. The molecule has 0 heterocycles. The van der Waals surface area contributed by atoms with E-state index in [0.29, 0.717) is 18.1 Å². The van der Waals surface area contributed by atoms with Crippen molar-refractivity contribution >= 4 is 0 Å². The SMILES string of the molecule is CCOC1CC(NCC(C)C)C1OC. The molecular formula is C11H23NO2. The molecular weight excluding hydrogens is 178 g/mol. The maximum absolute atomic E-state index is 5.55. The Morgan fingerprint density at radius 1 is 1.43 bits per heavy atom. The first-order valence-corrected chi connectivity index (χ1v) is 5.56. The standard InChI is InChI=1S/C11H23NO2/c1-5-14-10-6-9(11(10)13-4)12-7-8(2)3/h8-12H,5-7H2,1-4H3. The van der Waals surface area contributed by atoms with Crippen LogP contribution in [0.3, 0.4) is 0 Å². The van der Waals surface area contributed by atoms with Crippen molar-refractivity contribution in [3.63, 3.8) is 0 Å². The minimum Gasteiger partial charge on any atom is -0.377 e. The van der Waals surface area contributed by atoms with Crippen molar-refractivity contribution in [2.45, 2.75) is 45.4 Å². The molecule has 0 aliphatic heterocycles. The molecule has 3 atom stereocenters. The molecule has 1 N–H and O–H groups in total. The van der Waals surface area contributed by atoms with Crippen LogP contribution in [0.25, 0.3) is 0 Å². The van der Waals surface area contributed by atoms with E-state index in [0.717, 1.165) is 19.6 Å². The Kier molecular flexibility index (Phi) is 4.85. The Labute approximate surface area is 87.2 Å². The van der Waals surface area contributed by atoms with Gasteiger partial charge in [0.15, 0.2) is 0 Å². The first kappa shape index (κ1) is 12.0. The second-order valence-electron chi connectivity index (χ2n) is 4.34. The van der Waals surface area contributed by atoms with Crippen molar-refractivity contribution in [2.75, 3.05) is 20.3 Å². The third-order valence-electron chi connectivity index (χ3n) is 2.69. The first-order valence-electron chi connectivity index (χ1n) is 5.56. The number of hydrogen-bond acceptors (Lipinski definition) is 3. The van der Waals surface area contributed by atoms with E-state index in [1.165, 1.54) is 0 Å². The van der Waals surface area contributed by atoms with Gasteiger partial charge in [-0.25, -0.2) is 0 Å². The van der Waals surface area contributed by atoms with E-state index < -0.39 is 0 Å². The molecule has 1 rings (SSSR count). The lowest BCUT2D eigenvalue weighted by Crippen LogP contribution is -2.60. The highest BCUT2D eigenvalue weighted by molar-refractivity contribution is 4.97.